The predicted molar refractivity (Wildman–Crippen MR) is 65.7 cm³/mol. The van der Waals surface area contributed by atoms with Crippen LogP contribution in [0.25, 0.3) is 0 Å². The molecule has 0 aliphatic heterocycles. The molecule has 3 N–H and O–H groups in total. The summed E-state index contributed by atoms with van der Waals surface area (Å²) >= 11 is 0. The summed E-state index contributed by atoms with van der Waals surface area (Å²) < 4.78 is 1.92. The van der Waals surface area contributed by atoms with Gasteiger partial charge in [-0.1, -0.05) is 0 Å². The van der Waals surface area contributed by atoms with Crippen LogP contribution in [-0.2, 0) is 13.1 Å². The van der Waals surface area contributed by atoms with Crippen LogP contribution in [0.1, 0.15) is 32.0 Å². The van der Waals surface area contributed by atoms with Crippen molar-refractivity contribution in [3.63, 3.8) is 0 Å². The quantitative estimate of drug-likeness (QED) is 0.536. The minimum atomic E-state index is 0.257. The number of hydrogen-bond acceptors (Lipinski definition) is 4. The van der Waals surface area contributed by atoms with E-state index in [2.05, 4.69) is 21.9 Å². The van der Waals surface area contributed by atoms with Gasteiger partial charge in [0.15, 0.2) is 0 Å². The van der Waals surface area contributed by atoms with Crippen LogP contribution in [0.5, 0.6) is 0 Å². The van der Waals surface area contributed by atoms with E-state index in [1.54, 1.807) is 6.33 Å². The lowest BCUT2D eigenvalue weighted by molar-refractivity contribution is 0.250. The Hall–Kier alpha value is -1.43. The van der Waals surface area contributed by atoms with E-state index in [-0.39, 0.29) is 5.84 Å². The van der Waals surface area contributed by atoms with Crippen molar-refractivity contribution >= 4 is 5.84 Å². The van der Waals surface area contributed by atoms with E-state index in [1.807, 2.05) is 4.68 Å². The summed E-state index contributed by atoms with van der Waals surface area (Å²) in [7, 11) is 0. The summed E-state index contributed by atoms with van der Waals surface area (Å²) in [5, 5.41) is 11.5. The second-order valence-electron chi connectivity index (χ2n) is 4.47. The highest BCUT2D eigenvalue weighted by atomic mass is 15.3. The third-order valence-corrected chi connectivity index (χ3v) is 3.07. The summed E-state index contributed by atoms with van der Waals surface area (Å²) in [5.41, 5.74) is 5.41. The normalized spacial score (nSPS) is 15.4. The third kappa shape index (κ3) is 3.26. The largest absolute Gasteiger partial charge is 0.388 e. The Morgan fingerprint density at radius 3 is 3.00 bits per heavy atom. The fourth-order valence-electron chi connectivity index (χ4n) is 1.95. The van der Waals surface area contributed by atoms with Crippen molar-refractivity contribution in [2.75, 3.05) is 6.54 Å². The zero-order valence-corrected chi connectivity index (χ0v) is 10.3. The number of nitrogens with two attached hydrogens (primary N) is 1. The number of amidine groups is 1. The molecule has 1 fully saturated rings. The van der Waals surface area contributed by atoms with E-state index >= 15 is 0 Å². The maximum absolute atomic E-state index is 7.30. The molecule has 0 radical (unpaired) electrons. The molecule has 6 nitrogen and oxygen atoms in total. The molecule has 94 valence electrons. The van der Waals surface area contributed by atoms with Gasteiger partial charge in [-0.2, -0.15) is 5.10 Å². The van der Waals surface area contributed by atoms with Crippen LogP contribution in [0, 0.1) is 5.41 Å². The fourth-order valence-corrected chi connectivity index (χ4v) is 1.95. The second-order valence-corrected chi connectivity index (χ2v) is 4.47. The first kappa shape index (κ1) is 12.0. The van der Waals surface area contributed by atoms with Gasteiger partial charge in [0.2, 0.25) is 0 Å². The molecule has 1 aliphatic carbocycles. The van der Waals surface area contributed by atoms with Crippen molar-refractivity contribution in [2.45, 2.75) is 45.3 Å². The molecule has 1 aliphatic rings. The Kier molecular flexibility index (Phi) is 3.73. The molecule has 1 saturated carbocycles. The molecule has 0 atom stereocenters. The molecule has 0 amide bonds. The topological polar surface area (TPSA) is 83.8 Å². The SMILES string of the molecule is CCn1ncnc1CN(CCC(=N)N)C1CC1. The Morgan fingerprint density at radius 2 is 2.41 bits per heavy atom. The molecule has 0 aromatic carbocycles. The standard InChI is InChI=1S/C11H20N6/c1-2-17-11(14-8-15-17)7-16(9-3-4-9)6-5-10(12)13/h8-9H,2-7H2,1H3,(H3,12,13). The first-order valence-electron chi connectivity index (χ1n) is 6.14. The Bertz CT molecular complexity index is 381. The number of hydrogen-bond donors (Lipinski definition) is 2. The monoisotopic (exact) mass is 236 g/mol. The van der Waals surface area contributed by atoms with Gasteiger partial charge in [0, 0.05) is 25.6 Å². The molecule has 1 aromatic heterocycles. The first-order valence-corrected chi connectivity index (χ1v) is 6.14. The molecule has 0 saturated heterocycles. The van der Waals surface area contributed by atoms with Crippen molar-refractivity contribution in [3.8, 4) is 0 Å². The van der Waals surface area contributed by atoms with Gasteiger partial charge >= 0.3 is 0 Å². The fraction of sp³-hybridized carbons (Fsp3) is 0.727. The molecule has 0 unspecified atom stereocenters. The summed E-state index contributed by atoms with van der Waals surface area (Å²) in [5.74, 6) is 1.26. The van der Waals surface area contributed by atoms with Gasteiger partial charge < -0.3 is 5.73 Å². The van der Waals surface area contributed by atoms with Crippen molar-refractivity contribution in [3.05, 3.63) is 12.2 Å². The van der Waals surface area contributed by atoms with E-state index in [9.17, 15) is 0 Å². The van der Waals surface area contributed by atoms with Crippen LogP contribution in [0.4, 0.5) is 0 Å². The average Bonchev–Trinajstić information content (AvgIpc) is 3.04. The Morgan fingerprint density at radius 1 is 1.65 bits per heavy atom. The number of aromatic nitrogens is 3. The van der Waals surface area contributed by atoms with Gasteiger partial charge in [0.25, 0.3) is 0 Å². The van der Waals surface area contributed by atoms with Crippen LogP contribution in [0.2, 0.25) is 0 Å². The van der Waals surface area contributed by atoms with Crippen LogP contribution < -0.4 is 5.73 Å². The lowest BCUT2D eigenvalue weighted by Gasteiger charge is -2.21. The molecule has 1 aromatic rings. The average molecular weight is 236 g/mol. The van der Waals surface area contributed by atoms with Crippen molar-refractivity contribution in [1.82, 2.24) is 19.7 Å². The zero-order chi connectivity index (χ0) is 12.3. The van der Waals surface area contributed by atoms with Crippen molar-refractivity contribution in [2.24, 2.45) is 5.73 Å². The molecule has 0 spiro atoms. The highest BCUT2D eigenvalue weighted by Gasteiger charge is 2.29. The number of aryl methyl sites for hydroxylation is 1. The molecule has 1 heterocycles. The first-order chi connectivity index (χ1) is 8.20. The minimum Gasteiger partial charge on any atom is -0.388 e. The van der Waals surface area contributed by atoms with E-state index in [0.717, 1.165) is 25.5 Å². The molecular weight excluding hydrogens is 216 g/mol. The maximum atomic E-state index is 7.30. The lowest BCUT2D eigenvalue weighted by atomic mass is 10.3. The van der Waals surface area contributed by atoms with E-state index < -0.39 is 0 Å². The Balaban J connectivity index is 1.95. The smallest absolute Gasteiger partial charge is 0.141 e. The number of nitrogens with one attached hydrogen (secondary N) is 1. The van der Waals surface area contributed by atoms with Crippen molar-refractivity contribution in [1.29, 1.82) is 5.41 Å². The molecule has 0 bridgehead atoms. The maximum Gasteiger partial charge on any atom is 0.141 e. The molecular formula is C11H20N6. The number of nitrogens with zero attached hydrogens (tertiary/aromatic N) is 4. The molecule has 6 heteroatoms. The van der Waals surface area contributed by atoms with Gasteiger partial charge in [0.05, 0.1) is 12.4 Å². The Labute approximate surface area is 101 Å². The minimum absolute atomic E-state index is 0.257. The van der Waals surface area contributed by atoms with Crippen LogP contribution >= 0.6 is 0 Å². The van der Waals surface area contributed by atoms with E-state index in [4.69, 9.17) is 11.1 Å². The highest BCUT2D eigenvalue weighted by Crippen LogP contribution is 2.28. The summed E-state index contributed by atoms with van der Waals surface area (Å²) in [4.78, 5) is 6.65. The van der Waals surface area contributed by atoms with Crippen molar-refractivity contribution < 1.29 is 0 Å². The molecule has 17 heavy (non-hydrogen) atoms. The van der Waals surface area contributed by atoms with Crippen LogP contribution in [0.3, 0.4) is 0 Å². The van der Waals surface area contributed by atoms with Crippen LogP contribution in [-0.4, -0.2) is 38.1 Å². The zero-order valence-electron chi connectivity index (χ0n) is 10.3. The van der Waals surface area contributed by atoms with Gasteiger partial charge in [-0.3, -0.25) is 10.3 Å². The second kappa shape index (κ2) is 5.27. The van der Waals surface area contributed by atoms with Gasteiger partial charge in [-0.25, -0.2) is 9.67 Å². The van der Waals surface area contributed by atoms with Gasteiger partial charge in [0.1, 0.15) is 12.2 Å². The highest BCUT2D eigenvalue weighted by molar-refractivity contribution is 5.76. The number of rotatable bonds is 7. The molecule has 2 rings (SSSR count). The van der Waals surface area contributed by atoms with Crippen LogP contribution in [0.15, 0.2) is 6.33 Å². The summed E-state index contributed by atoms with van der Waals surface area (Å²) in [6.07, 6.45) is 4.74. The lowest BCUT2D eigenvalue weighted by Crippen LogP contribution is -2.30. The van der Waals surface area contributed by atoms with E-state index in [1.165, 1.54) is 12.8 Å². The van der Waals surface area contributed by atoms with E-state index in [0.29, 0.717) is 12.5 Å². The predicted octanol–water partition coefficient (Wildman–Crippen LogP) is 0.588. The van der Waals surface area contributed by atoms with Gasteiger partial charge in [-0.15, -0.1) is 0 Å². The van der Waals surface area contributed by atoms with Gasteiger partial charge in [-0.05, 0) is 19.8 Å². The summed E-state index contributed by atoms with van der Waals surface area (Å²) in [6.45, 7) is 4.57. The summed E-state index contributed by atoms with van der Waals surface area (Å²) in [6, 6.07) is 0.649. The third-order valence-electron chi connectivity index (χ3n) is 3.07.